The molecule has 0 amide bonds. The Morgan fingerprint density at radius 1 is 0.533 bits per heavy atom. The summed E-state index contributed by atoms with van der Waals surface area (Å²) >= 11 is 13.2. The molecule has 0 bridgehead atoms. The van der Waals surface area contributed by atoms with Crippen molar-refractivity contribution in [2.75, 3.05) is 0 Å². The van der Waals surface area contributed by atoms with E-state index >= 15 is 0 Å². The number of benzene rings is 4. The van der Waals surface area contributed by atoms with Gasteiger partial charge in [-0.05, 0) is 237 Å². The maximum Gasteiger partial charge on any atom is 0.142 e. The molecule has 1 aliphatic rings. The van der Waals surface area contributed by atoms with Gasteiger partial charge in [-0.1, -0.05) is 37.3 Å². The van der Waals surface area contributed by atoms with Crippen LogP contribution in [0.5, 0.6) is 23.0 Å². The van der Waals surface area contributed by atoms with Gasteiger partial charge in [0.1, 0.15) is 23.0 Å². The predicted molar refractivity (Wildman–Crippen MR) is 232 cm³/mol. The van der Waals surface area contributed by atoms with Gasteiger partial charge in [-0.2, -0.15) is 0 Å². The zero-order chi connectivity index (χ0) is 32.9. The van der Waals surface area contributed by atoms with Gasteiger partial charge in [-0.25, -0.2) is 0 Å². The average molecular weight is 1270 g/mol. The molecule has 0 spiro atoms. The maximum atomic E-state index is 10.6. The summed E-state index contributed by atoms with van der Waals surface area (Å²) in [6, 6.07) is 16.5. The fourth-order valence-electron chi connectivity index (χ4n) is 6.08. The van der Waals surface area contributed by atoms with E-state index in [-0.39, 0.29) is 29.4 Å². The third kappa shape index (κ3) is 7.59. The summed E-state index contributed by atoms with van der Waals surface area (Å²) in [5, 5.41) is 42.3. The van der Waals surface area contributed by atoms with E-state index in [1.54, 1.807) is 0 Å². The summed E-state index contributed by atoms with van der Waals surface area (Å²) in [6.07, 6.45) is 6.91. The van der Waals surface area contributed by atoms with Gasteiger partial charge in [0.25, 0.3) is 0 Å². The van der Waals surface area contributed by atoms with Crippen LogP contribution >= 0.6 is 136 Å². The van der Waals surface area contributed by atoms with Gasteiger partial charge in [-0.3, -0.25) is 0 Å². The highest BCUT2D eigenvalue weighted by molar-refractivity contribution is 14.1. The Kier molecular flexibility index (Phi) is 11.9. The number of hydrogen-bond donors (Lipinski definition) is 4. The molecule has 0 radical (unpaired) electrons. The Balaban J connectivity index is 1.66. The highest BCUT2D eigenvalue weighted by Gasteiger charge is 2.33. The van der Waals surface area contributed by atoms with Crippen LogP contribution < -0.4 is 0 Å². The average Bonchev–Trinajstić information content (AvgIpc) is 2.97. The van der Waals surface area contributed by atoms with Crippen LogP contribution in [0, 0.1) is 47.1 Å². The van der Waals surface area contributed by atoms with Crippen molar-refractivity contribution in [3.8, 4) is 23.0 Å². The third-order valence-electron chi connectivity index (χ3n) is 8.31. The van der Waals surface area contributed by atoms with Crippen molar-refractivity contribution >= 4 is 136 Å². The lowest BCUT2D eigenvalue weighted by molar-refractivity contribution is 0.444. The number of allylic oxidation sites excluding steroid dienone is 4. The molecule has 0 aromatic heterocycles. The van der Waals surface area contributed by atoms with E-state index in [0.717, 1.165) is 60.4 Å². The van der Waals surface area contributed by atoms with E-state index < -0.39 is 0 Å². The van der Waals surface area contributed by atoms with Crippen molar-refractivity contribution in [1.29, 1.82) is 0 Å². The number of phenolic OH excluding ortho intramolecular Hbond substituents is 4. The first kappa shape index (κ1) is 36.2. The Morgan fingerprint density at radius 2 is 0.889 bits per heavy atom. The molecular weight excluding hydrogens is 1250 g/mol. The van der Waals surface area contributed by atoms with Crippen molar-refractivity contribution in [2.24, 2.45) is 11.8 Å². The van der Waals surface area contributed by atoms with Crippen LogP contribution in [0.4, 0.5) is 0 Å². The lowest BCUT2D eigenvalue weighted by Gasteiger charge is -2.34. The van der Waals surface area contributed by atoms with Crippen molar-refractivity contribution in [2.45, 2.75) is 32.6 Å². The van der Waals surface area contributed by atoms with Crippen LogP contribution in [-0.2, 0) is 0 Å². The largest absolute Gasteiger partial charge is 0.507 e. The third-order valence-corrected chi connectivity index (χ3v) is 13.2. The van der Waals surface area contributed by atoms with Gasteiger partial charge >= 0.3 is 0 Å². The zero-order valence-corrected chi connectivity index (χ0v) is 37.2. The molecule has 45 heavy (non-hydrogen) atoms. The number of aryl methyl sites for hydroxylation is 2. The van der Waals surface area contributed by atoms with Gasteiger partial charge < -0.3 is 20.4 Å². The fraction of sp³-hybridized carbons (Fsp3) is 0.200. The van der Waals surface area contributed by atoms with Crippen molar-refractivity contribution in [3.63, 3.8) is 0 Å². The summed E-state index contributed by atoms with van der Waals surface area (Å²) in [4.78, 5) is 0. The van der Waals surface area contributed by atoms with Crippen LogP contribution in [0.25, 0.3) is 0 Å². The minimum atomic E-state index is -0.106. The molecule has 4 N–H and O–H groups in total. The maximum absolute atomic E-state index is 10.6. The number of rotatable bonds is 6. The van der Waals surface area contributed by atoms with Gasteiger partial charge in [0.2, 0.25) is 0 Å². The van der Waals surface area contributed by atoms with E-state index in [1.165, 1.54) is 0 Å². The molecule has 4 atom stereocenters. The SMILES string of the molecule is Cc1cc(C(C2=CC(C)C(C(c3cc(C)c(O)c(I)c3)c3cc(I)c(O)c(I)c3)C=C2)c2cc(I)c(O)c(I)c2)cc(I)c1O. The quantitative estimate of drug-likeness (QED) is 0.145. The Morgan fingerprint density at radius 3 is 1.31 bits per heavy atom. The van der Waals surface area contributed by atoms with Crippen molar-refractivity contribution in [3.05, 3.63) is 127 Å². The van der Waals surface area contributed by atoms with Gasteiger partial charge in [0, 0.05) is 11.8 Å². The molecule has 4 nitrogen and oxygen atoms in total. The highest BCUT2D eigenvalue weighted by Crippen LogP contribution is 2.47. The Bertz CT molecular complexity index is 1680. The molecule has 0 saturated carbocycles. The summed E-state index contributed by atoms with van der Waals surface area (Å²) in [5.74, 6) is 1.31. The Labute approximate surface area is 345 Å². The molecule has 1 aliphatic carbocycles. The smallest absolute Gasteiger partial charge is 0.142 e. The number of hydrogen-bond acceptors (Lipinski definition) is 4. The van der Waals surface area contributed by atoms with E-state index in [4.69, 9.17) is 0 Å². The predicted octanol–water partition coefficient (Wildman–Crippen LogP) is 11.5. The van der Waals surface area contributed by atoms with Crippen molar-refractivity contribution < 1.29 is 20.4 Å². The summed E-state index contributed by atoms with van der Waals surface area (Å²) < 4.78 is 4.82. The summed E-state index contributed by atoms with van der Waals surface area (Å²) in [5.41, 5.74) is 7.20. The van der Waals surface area contributed by atoms with Crippen LogP contribution in [0.2, 0.25) is 0 Å². The van der Waals surface area contributed by atoms with Crippen molar-refractivity contribution in [1.82, 2.24) is 0 Å². The normalized spacial score (nSPS) is 17.7. The molecule has 4 aromatic rings. The lowest BCUT2D eigenvalue weighted by Crippen LogP contribution is -2.22. The molecule has 0 fully saturated rings. The van der Waals surface area contributed by atoms with E-state index in [2.05, 4.69) is 197 Å². The topological polar surface area (TPSA) is 80.9 Å². The molecule has 0 saturated heterocycles. The molecule has 0 aliphatic heterocycles. The minimum absolute atomic E-state index is 0.0182. The first-order valence-electron chi connectivity index (χ1n) is 13.9. The van der Waals surface area contributed by atoms with Crippen LogP contribution in [-0.4, -0.2) is 20.4 Å². The summed E-state index contributed by atoms with van der Waals surface area (Å²) in [6.45, 7) is 6.12. The van der Waals surface area contributed by atoms with Crippen LogP contribution in [0.3, 0.4) is 0 Å². The minimum Gasteiger partial charge on any atom is -0.507 e. The standard InChI is InChI=1S/C35H28I6O4/c1-15-6-18(30(19-7-16(2)32(42)24(36)9-19)21-11-26(38)34(44)27(39)12-21)4-5-23(15)31(20-8-17(3)33(43)25(37)10-20)22-13-28(40)35(45)29(41)14-22/h4-15,23,30-31,42-45H,1-3H3. The van der Waals surface area contributed by atoms with Gasteiger partial charge in [-0.15, -0.1) is 0 Å². The zero-order valence-electron chi connectivity index (χ0n) is 24.2. The number of aromatic hydroxyl groups is 4. The molecule has 4 unspecified atom stereocenters. The second-order valence-electron chi connectivity index (χ2n) is 11.4. The molecule has 0 heterocycles. The monoisotopic (exact) mass is 1270 g/mol. The molecule has 5 rings (SSSR count). The van der Waals surface area contributed by atoms with Gasteiger partial charge in [0.15, 0.2) is 0 Å². The van der Waals surface area contributed by atoms with Gasteiger partial charge in [0.05, 0.1) is 21.4 Å². The lowest BCUT2D eigenvalue weighted by atomic mass is 9.70. The first-order valence-corrected chi connectivity index (χ1v) is 20.4. The molecule has 10 heteroatoms. The number of halogens is 6. The van der Waals surface area contributed by atoms with Crippen LogP contribution in [0.15, 0.2) is 72.3 Å². The van der Waals surface area contributed by atoms with E-state index in [0.29, 0.717) is 17.2 Å². The van der Waals surface area contributed by atoms with E-state index in [9.17, 15) is 20.4 Å². The van der Waals surface area contributed by atoms with Crippen LogP contribution in [0.1, 0.15) is 52.1 Å². The molecular formula is C35H28I6O4. The fourth-order valence-corrected chi connectivity index (χ4v) is 11.3. The molecule has 234 valence electrons. The second-order valence-corrected chi connectivity index (χ2v) is 18.3. The second kappa shape index (κ2) is 14.8. The first-order chi connectivity index (χ1) is 21.2. The highest BCUT2D eigenvalue weighted by atomic mass is 127. The Hall–Kier alpha value is -0.0600. The summed E-state index contributed by atoms with van der Waals surface area (Å²) in [7, 11) is 0. The number of phenols is 4. The molecule has 4 aromatic carbocycles. The van der Waals surface area contributed by atoms with E-state index in [1.807, 2.05) is 26.0 Å².